The standard InChI is InChI=1S/C16H12N2O3S2/c1-9-3-2-4-10-5-6-11(17-14(9)10)7-12-15(21)18(8-13(19)20)16(22)23-12/h2-7H,8H2,1H3,(H,19,20)/b12-7-. The summed E-state index contributed by atoms with van der Waals surface area (Å²) in [5.74, 6) is -1.49. The summed E-state index contributed by atoms with van der Waals surface area (Å²) in [7, 11) is 0. The first kappa shape index (κ1) is 15.6. The Hall–Kier alpha value is -2.25. The number of hydrogen-bond donors (Lipinski definition) is 1. The molecule has 0 unspecified atom stereocenters. The highest BCUT2D eigenvalue weighted by Gasteiger charge is 2.33. The van der Waals surface area contributed by atoms with E-state index in [9.17, 15) is 9.59 Å². The van der Waals surface area contributed by atoms with E-state index >= 15 is 0 Å². The Balaban J connectivity index is 1.96. The van der Waals surface area contributed by atoms with Gasteiger partial charge in [-0.1, -0.05) is 48.2 Å². The molecule has 1 saturated heterocycles. The minimum Gasteiger partial charge on any atom is -0.480 e. The second kappa shape index (κ2) is 6.10. The fraction of sp³-hybridized carbons (Fsp3) is 0.125. The topological polar surface area (TPSA) is 70.5 Å². The molecule has 3 rings (SSSR count). The molecule has 7 heteroatoms. The zero-order valence-electron chi connectivity index (χ0n) is 12.1. The van der Waals surface area contributed by atoms with Gasteiger partial charge in [-0.25, -0.2) is 4.98 Å². The number of aliphatic carboxylic acids is 1. The number of rotatable bonds is 3. The molecule has 1 aromatic carbocycles. The number of carbonyl (C=O) groups is 2. The van der Waals surface area contributed by atoms with E-state index in [0.29, 0.717) is 10.6 Å². The minimum atomic E-state index is -1.10. The summed E-state index contributed by atoms with van der Waals surface area (Å²) in [6.45, 7) is 1.55. The molecule has 1 aliphatic rings. The van der Waals surface area contributed by atoms with Crippen LogP contribution in [0, 0.1) is 6.92 Å². The molecule has 0 saturated carbocycles. The van der Waals surface area contributed by atoms with Gasteiger partial charge in [-0.2, -0.15) is 0 Å². The van der Waals surface area contributed by atoms with Gasteiger partial charge in [0, 0.05) is 5.39 Å². The first-order valence-corrected chi connectivity index (χ1v) is 8.02. The van der Waals surface area contributed by atoms with E-state index in [1.54, 1.807) is 6.08 Å². The average molecular weight is 344 g/mol. The van der Waals surface area contributed by atoms with Crippen molar-refractivity contribution < 1.29 is 14.7 Å². The Bertz CT molecular complexity index is 877. The van der Waals surface area contributed by atoms with Crippen LogP contribution in [0.25, 0.3) is 17.0 Å². The lowest BCUT2D eigenvalue weighted by Crippen LogP contribution is -2.33. The van der Waals surface area contributed by atoms with Gasteiger partial charge >= 0.3 is 5.97 Å². The van der Waals surface area contributed by atoms with E-state index < -0.39 is 18.4 Å². The van der Waals surface area contributed by atoms with Crippen molar-refractivity contribution in [2.45, 2.75) is 6.92 Å². The van der Waals surface area contributed by atoms with Crippen molar-refractivity contribution in [3.05, 3.63) is 46.5 Å². The van der Waals surface area contributed by atoms with Crippen molar-refractivity contribution in [1.82, 2.24) is 9.88 Å². The van der Waals surface area contributed by atoms with Crippen molar-refractivity contribution in [3.63, 3.8) is 0 Å². The second-order valence-corrected chi connectivity index (χ2v) is 6.72. The van der Waals surface area contributed by atoms with Crippen LogP contribution in [0.4, 0.5) is 0 Å². The zero-order valence-corrected chi connectivity index (χ0v) is 13.8. The average Bonchev–Trinajstić information content (AvgIpc) is 2.75. The van der Waals surface area contributed by atoms with Crippen LogP contribution in [0.2, 0.25) is 0 Å². The maximum absolute atomic E-state index is 12.2. The van der Waals surface area contributed by atoms with Gasteiger partial charge in [0.05, 0.1) is 16.1 Å². The molecule has 0 aliphatic carbocycles. The first-order valence-electron chi connectivity index (χ1n) is 6.79. The lowest BCUT2D eigenvalue weighted by Gasteiger charge is -2.10. The van der Waals surface area contributed by atoms with Crippen LogP contribution in [-0.4, -0.2) is 37.7 Å². The molecule has 5 nitrogen and oxygen atoms in total. The highest BCUT2D eigenvalue weighted by atomic mass is 32.2. The molecule has 1 fully saturated rings. The molecular weight excluding hydrogens is 332 g/mol. The van der Waals surface area contributed by atoms with Crippen molar-refractivity contribution in [3.8, 4) is 0 Å². The second-order valence-electron chi connectivity index (χ2n) is 5.04. The third-order valence-electron chi connectivity index (χ3n) is 3.39. The predicted octanol–water partition coefficient (Wildman–Crippen LogP) is 2.83. The quantitative estimate of drug-likeness (QED) is 0.682. The SMILES string of the molecule is Cc1cccc2ccc(/C=C3\SC(=S)N(CC(=O)O)C3=O)nc12. The van der Waals surface area contributed by atoms with Crippen LogP contribution in [0.3, 0.4) is 0 Å². The van der Waals surface area contributed by atoms with Crippen molar-refractivity contribution >= 4 is 57.2 Å². The largest absolute Gasteiger partial charge is 0.480 e. The Morgan fingerprint density at radius 1 is 1.39 bits per heavy atom. The van der Waals surface area contributed by atoms with Crippen LogP contribution in [0.1, 0.15) is 11.3 Å². The minimum absolute atomic E-state index is 0.251. The molecular formula is C16H12N2O3S2. The summed E-state index contributed by atoms with van der Waals surface area (Å²) < 4.78 is 0.251. The van der Waals surface area contributed by atoms with Gasteiger partial charge in [0.25, 0.3) is 5.91 Å². The summed E-state index contributed by atoms with van der Waals surface area (Å²) in [6.07, 6.45) is 1.65. The fourth-order valence-corrected chi connectivity index (χ4v) is 3.54. The van der Waals surface area contributed by atoms with Gasteiger partial charge in [-0.3, -0.25) is 14.5 Å². The maximum atomic E-state index is 12.2. The van der Waals surface area contributed by atoms with Gasteiger partial charge in [-0.05, 0) is 24.6 Å². The Kier molecular flexibility index (Phi) is 4.14. The molecule has 0 radical (unpaired) electrons. The lowest BCUT2D eigenvalue weighted by atomic mass is 10.1. The van der Waals surface area contributed by atoms with E-state index in [-0.39, 0.29) is 4.32 Å². The summed E-state index contributed by atoms with van der Waals surface area (Å²) in [6, 6.07) is 9.69. The number of pyridine rings is 1. The summed E-state index contributed by atoms with van der Waals surface area (Å²) in [5, 5.41) is 9.87. The zero-order chi connectivity index (χ0) is 16.6. The van der Waals surface area contributed by atoms with Crippen molar-refractivity contribution in [2.75, 3.05) is 6.54 Å². The van der Waals surface area contributed by atoms with E-state index in [0.717, 1.165) is 33.1 Å². The smallest absolute Gasteiger partial charge is 0.323 e. The number of amides is 1. The number of thiocarbonyl (C=S) groups is 1. The Morgan fingerprint density at radius 3 is 2.91 bits per heavy atom. The van der Waals surface area contributed by atoms with E-state index in [1.165, 1.54) is 0 Å². The lowest BCUT2D eigenvalue weighted by molar-refractivity contribution is -0.140. The number of aryl methyl sites for hydroxylation is 1. The highest BCUT2D eigenvalue weighted by molar-refractivity contribution is 8.26. The van der Waals surface area contributed by atoms with Gasteiger partial charge in [0.15, 0.2) is 0 Å². The maximum Gasteiger partial charge on any atom is 0.323 e. The summed E-state index contributed by atoms with van der Waals surface area (Å²) >= 11 is 6.16. The number of benzene rings is 1. The summed E-state index contributed by atoms with van der Waals surface area (Å²) in [4.78, 5) is 29.1. The number of fused-ring (bicyclic) bond motifs is 1. The number of nitrogens with zero attached hydrogens (tertiary/aromatic N) is 2. The normalized spacial score (nSPS) is 16.6. The van der Waals surface area contributed by atoms with Crippen LogP contribution in [0.15, 0.2) is 35.2 Å². The molecule has 1 N–H and O–H groups in total. The molecule has 2 aromatic rings. The van der Waals surface area contributed by atoms with E-state index in [4.69, 9.17) is 17.3 Å². The van der Waals surface area contributed by atoms with Crippen LogP contribution >= 0.6 is 24.0 Å². The third kappa shape index (κ3) is 3.11. The number of hydrogen-bond acceptors (Lipinski definition) is 5. The van der Waals surface area contributed by atoms with Crippen molar-refractivity contribution in [2.24, 2.45) is 0 Å². The van der Waals surface area contributed by atoms with E-state index in [1.807, 2.05) is 37.3 Å². The molecule has 1 aromatic heterocycles. The van der Waals surface area contributed by atoms with Crippen LogP contribution < -0.4 is 0 Å². The Morgan fingerprint density at radius 2 is 2.17 bits per heavy atom. The number of carboxylic acids is 1. The molecule has 0 atom stereocenters. The monoisotopic (exact) mass is 344 g/mol. The molecule has 0 bridgehead atoms. The van der Waals surface area contributed by atoms with Gasteiger partial charge in [-0.15, -0.1) is 0 Å². The summed E-state index contributed by atoms with van der Waals surface area (Å²) in [5.41, 5.74) is 2.57. The molecule has 116 valence electrons. The van der Waals surface area contributed by atoms with Crippen LogP contribution in [0.5, 0.6) is 0 Å². The fourth-order valence-electron chi connectivity index (χ4n) is 2.30. The molecule has 1 amide bonds. The molecule has 23 heavy (non-hydrogen) atoms. The molecule has 1 aliphatic heterocycles. The molecule has 0 spiro atoms. The van der Waals surface area contributed by atoms with Gasteiger partial charge < -0.3 is 5.11 Å². The predicted molar refractivity (Wildman–Crippen MR) is 94.0 cm³/mol. The molecule has 2 heterocycles. The highest BCUT2D eigenvalue weighted by Crippen LogP contribution is 2.32. The number of carboxylic acid groups (broad SMARTS) is 1. The number of thioether (sulfide) groups is 1. The number of carbonyl (C=O) groups excluding carboxylic acids is 1. The van der Waals surface area contributed by atoms with Gasteiger partial charge in [0.1, 0.15) is 10.9 Å². The van der Waals surface area contributed by atoms with E-state index in [2.05, 4.69) is 4.98 Å². The number of para-hydroxylation sites is 1. The van der Waals surface area contributed by atoms with Crippen molar-refractivity contribution in [1.29, 1.82) is 0 Å². The van der Waals surface area contributed by atoms with Gasteiger partial charge in [0.2, 0.25) is 0 Å². The van der Waals surface area contributed by atoms with Crippen LogP contribution in [-0.2, 0) is 9.59 Å². The third-order valence-corrected chi connectivity index (χ3v) is 4.77. The first-order chi connectivity index (χ1) is 11.0. The Labute approximate surface area is 142 Å². The number of aromatic nitrogens is 1.